The number of anilines is 1. The van der Waals surface area contributed by atoms with Crippen LogP contribution < -0.4 is 5.32 Å². The van der Waals surface area contributed by atoms with Gasteiger partial charge in [0, 0.05) is 23.1 Å². The van der Waals surface area contributed by atoms with Crippen LogP contribution >= 0.6 is 35.0 Å². The Morgan fingerprint density at radius 1 is 1.05 bits per heavy atom. The standard InChI is InChI=1S/C16H13Cl2NO2S/c1-10(20)19-12-3-5-13(6-4-12)22-9-16(21)11-2-7-14(17)15(18)8-11/h2-8H,9H2,1H3,(H,19,20). The normalized spacial score (nSPS) is 10.3. The van der Waals surface area contributed by atoms with Gasteiger partial charge in [0.2, 0.25) is 5.91 Å². The summed E-state index contributed by atoms with van der Waals surface area (Å²) in [5.41, 5.74) is 1.27. The Bertz CT molecular complexity index is 702. The quantitative estimate of drug-likeness (QED) is 0.612. The molecule has 0 heterocycles. The molecule has 0 unspecified atom stereocenters. The Labute approximate surface area is 143 Å². The Morgan fingerprint density at radius 2 is 1.73 bits per heavy atom. The summed E-state index contributed by atoms with van der Waals surface area (Å²) in [5.74, 6) is 0.168. The minimum atomic E-state index is -0.116. The van der Waals surface area contributed by atoms with Gasteiger partial charge >= 0.3 is 0 Å². The van der Waals surface area contributed by atoms with E-state index in [4.69, 9.17) is 23.2 Å². The molecule has 2 rings (SSSR count). The largest absolute Gasteiger partial charge is 0.326 e. The summed E-state index contributed by atoms with van der Waals surface area (Å²) >= 11 is 13.2. The van der Waals surface area contributed by atoms with E-state index in [0.29, 0.717) is 21.4 Å². The number of nitrogens with one attached hydrogen (secondary N) is 1. The molecule has 0 spiro atoms. The molecule has 0 atom stereocenters. The van der Waals surface area contributed by atoms with E-state index in [-0.39, 0.29) is 11.7 Å². The summed E-state index contributed by atoms with van der Waals surface area (Å²) in [4.78, 5) is 24.0. The molecule has 22 heavy (non-hydrogen) atoms. The van der Waals surface area contributed by atoms with Gasteiger partial charge in [0.1, 0.15) is 0 Å². The molecule has 0 aliphatic carbocycles. The molecule has 3 nitrogen and oxygen atoms in total. The van der Waals surface area contributed by atoms with Gasteiger partial charge in [-0.2, -0.15) is 0 Å². The summed E-state index contributed by atoms with van der Waals surface area (Å²) in [6, 6.07) is 12.2. The van der Waals surface area contributed by atoms with Crippen molar-refractivity contribution in [1.29, 1.82) is 0 Å². The fraction of sp³-hybridized carbons (Fsp3) is 0.125. The van der Waals surface area contributed by atoms with Crippen molar-refractivity contribution >= 4 is 52.3 Å². The number of carbonyl (C=O) groups excluding carboxylic acids is 2. The van der Waals surface area contributed by atoms with Crippen molar-refractivity contribution in [3.63, 3.8) is 0 Å². The molecule has 0 aliphatic heterocycles. The number of hydrogen-bond donors (Lipinski definition) is 1. The van der Waals surface area contributed by atoms with E-state index < -0.39 is 0 Å². The van der Waals surface area contributed by atoms with Crippen LogP contribution in [0.4, 0.5) is 5.69 Å². The van der Waals surface area contributed by atoms with Gasteiger partial charge in [0.25, 0.3) is 0 Å². The van der Waals surface area contributed by atoms with Gasteiger partial charge in [-0.1, -0.05) is 23.2 Å². The van der Waals surface area contributed by atoms with Gasteiger partial charge in [0.15, 0.2) is 5.78 Å². The lowest BCUT2D eigenvalue weighted by molar-refractivity contribution is -0.114. The highest BCUT2D eigenvalue weighted by atomic mass is 35.5. The highest BCUT2D eigenvalue weighted by molar-refractivity contribution is 8.00. The van der Waals surface area contributed by atoms with Crippen molar-refractivity contribution in [3.05, 3.63) is 58.1 Å². The van der Waals surface area contributed by atoms with Crippen molar-refractivity contribution in [2.24, 2.45) is 0 Å². The lowest BCUT2D eigenvalue weighted by atomic mass is 10.1. The van der Waals surface area contributed by atoms with Crippen LogP contribution in [0.15, 0.2) is 47.4 Å². The van der Waals surface area contributed by atoms with E-state index in [0.717, 1.165) is 10.6 Å². The lowest BCUT2D eigenvalue weighted by Gasteiger charge is -2.05. The zero-order valence-electron chi connectivity index (χ0n) is 11.7. The first-order valence-electron chi connectivity index (χ1n) is 6.44. The maximum absolute atomic E-state index is 12.1. The van der Waals surface area contributed by atoms with Crippen LogP contribution in [0.1, 0.15) is 17.3 Å². The molecule has 6 heteroatoms. The topological polar surface area (TPSA) is 46.2 Å². The summed E-state index contributed by atoms with van der Waals surface area (Å²) in [7, 11) is 0. The zero-order valence-corrected chi connectivity index (χ0v) is 14.1. The smallest absolute Gasteiger partial charge is 0.221 e. The molecule has 0 saturated heterocycles. The molecule has 114 valence electrons. The second kappa shape index (κ2) is 7.68. The summed E-state index contributed by atoms with van der Waals surface area (Å²) in [6.45, 7) is 1.46. The molecule has 0 saturated carbocycles. The van der Waals surface area contributed by atoms with Crippen LogP contribution in [0.25, 0.3) is 0 Å². The highest BCUT2D eigenvalue weighted by Gasteiger charge is 2.09. The van der Waals surface area contributed by atoms with E-state index in [1.807, 2.05) is 12.1 Å². The van der Waals surface area contributed by atoms with E-state index in [2.05, 4.69) is 5.32 Å². The van der Waals surface area contributed by atoms with Gasteiger partial charge in [-0.3, -0.25) is 9.59 Å². The van der Waals surface area contributed by atoms with Gasteiger partial charge in [-0.05, 0) is 42.5 Å². The Morgan fingerprint density at radius 3 is 2.32 bits per heavy atom. The van der Waals surface area contributed by atoms with Crippen molar-refractivity contribution in [3.8, 4) is 0 Å². The molecule has 0 aromatic heterocycles. The molecule has 0 aliphatic rings. The second-order valence-electron chi connectivity index (χ2n) is 4.55. The first kappa shape index (κ1) is 16.9. The van der Waals surface area contributed by atoms with E-state index in [1.54, 1.807) is 30.3 Å². The van der Waals surface area contributed by atoms with Crippen LogP contribution in [0, 0.1) is 0 Å². The first-order chi connectivity index (χ1) is 10.5. The molecule has 0 fully saturated rings. The number of amides is 1. The Hall–Kier alpha value is -1.49. The highest BCUT2D eigenvalue weighted by Crippen LogP contribution is 2.25. The first-order valence-corrected chi connectivity index (χ1v) is 8.18. The maximum atomic E-state index is 12.1. The number of Topliss-reactive ketones (excluding diaryl/α,β-unsaturated/α-hetero) is 1. The van der Waals surface area contributed by atoms with Crippen LogP contribution in [-0.4, -0.2) is 17.4 Å². The molecule has 0 bridgehead atoms. The number of rotatable bonds is 5. The zero-order chi connectivity index (χ0) is 16.1. The molecule has 1 amide bonds. The van der Waals surface area contributed by atoms with Crippen molar-refractivity contribution in [2.75, 3.05) is 11.1 Å². The Balaban J connectivity index is 1.95. The van der Waals surface area contributed by atoms with Crippen LogP contribution in [-0.2, 0) is 4.79 Å². The number of benzene rings is 2. The number of hydrogen-bond acceptors (Lipinski definition) is 3. The average Bonchev–Trinajstić information content (AvgIpc) is 2.48. The summed E-state index contributed by atoms with van der Waals surface area (Å²) in [6.07, 6.45) is 0. The predicted molar refractivity (Wildman–Crippen MR) is 92.3 cm³/mol. The third-order valence-electron chi connectivity index (χ3n) is 2.79. The molecule has 2 aromatic rings. The van der Waals surface area contributed by atoms with Crippen molar-refractivity contribution in [2.45, 2.75) is 11.8 Å². The van der Waals surface area contributed by atoms with Crippen molar-refractivity contribution < 1.29 is 9.59 Å². The fourth-order valence-electron chi connectivity index (χ4n) is 1.74. The van der Waals surface area contributed by atoms with Crippen LogP contribution in [0.2, 0.25) is 10.0 Å². The minimum Gasteiger partial charge on any atom is -0.326 e. The number of carbonyl (C=O) groups is 2. The maximum Gasteiger partial charge on any atom is 0.221 e. The van der Waals surface area contributed by atoms with Crippen molar-refractivity contribution in [1.82, 2.24) is 0 Å². The van der Waals surface area contributed by atoms with E-state index >= 15 is 0 Å². The molecule has 1 N–H and O–H groups in total. The monoisotopic (exact) mass is 353 g/mol. The average molecular weight is 354 g/mol. The number of halogens is 2. The van der Waals surface area contributed by atoms with Crippen LogP contribution in [0.5, 0.6) is 0 Å². The van der Waals surface area contributed by atoms with Gasteiger partial charge in [-0.25, -0.2) is 0 Å². The Kier molecular flexibility index (Phi) is 5.89. The fourth-order valence-corrected chi connectivity index (χ4v) is 2.83. The molecule has 2 aromatic carbocycles. The SMILES string of the molecule is CC(=O)Nc1ccc(SCC(=O)c2ccc(Cl)c(Cl)c2)cc1. The third-order valence-corrected chi connectivity index (χ3v) is 4.54. The van der Waals surface area contributed by atoms with E-state index in [1.165, 1.54) is 18.7 Å². The minimum absolute atomic E-state index is 0.0190. The second-order valence-corrected chi connectivity index (χ2v) is 6.41. The van der Waals surface area contributed by atoms with Gasteiger partial charge < -0.3 is 5.32 Å². The van der Waals surface area contributed by atoms with E-state index in [9.17, 15) is 9.59 Å². The van der Waals surface area contributed by atoms with Crippen LogP contribution in [0.3, 0.4) is 0 Å². The van der Waals surface area contributed by atoms with Gasteiger partial charge in [0.05, 0.1) is 15.8 Å². The summed E-state index contributed by atoms with van der Waals surface area (Å²) < 4.78 is 0. The predicted octanol–water partition coefficient (Wildman–Crippen LogP) is 4.93. The number of ketones is 1. The summed E-state index contributed by atoms with van der Waals surface area (Å²) in [5, 5.41) is 3.49. The third kappa shape index (κ3) is 4.77. The van der Waals surface area contributed by atoms with Gasteiger partial charge in [-0.15, -0.1) is 11.8 Å². The molecular weight excluding hydrogens is 341 g/mol. The number of thioether (sulfide) groups is 1. The molecular formula is C16H13Cl2NO2S. The molecule has 0 radical (unpaired) electrons. The lowest BCUT2D eigenvalue weighted by Crippen LogP contribution is -2.05.